The Hall–Kier alpha value is -1.94. The summed E-state index contributed by atoms with van der Waals surface area (Å²) in [5.74, 6) is -2.60. The van der Waals surface area contributed by atoms with E-state index in [-0.39, 0.29) is 0 Å². The summed E-state index contributed by atoms with van der Waals surface area (Å²) >= 11 is 5.80. The Kier molecular flexibility index (Phi) is 4.91. The van der Waals surface area contributed by atoms with Crippen molar-refractivity contribution in [3.05, 3.63) is 77.2 Å². The molecule has 5 heteroatoms. The molecule has 0 aliphatic rings. The van der Waals surface area contributed by atoms with E-state index in [1.165, 1.54) is 6.07 Å². The minimum atomic E-state index is -0.897. The molecule has 0 aromatic heterocycles. The number of amides is 1. The Morgan fingerprint density at radius 1 is 1.14 bits per heavy atom. The first-order chi connectivity index (χ1) is 10.0. The highest BCUT2D eigenvalue weighted by Crippen LogP contribution is 2.20. The number of benzene rings is 2. The van der Waals surface area contributed by atoms with E-state index in [4.69, 9.17) is 11.6 Å². The van der Waals surface area contributed by atoms with Crippen molar-refractivity contribution < 1.29 is 13.6 Å². The van der Waals surface area contributed by atoms with Crippen molar-refractivity contribution in [2.45, 2.75) is 12.5 Å². The van der Waals surface area contributed by atoms with Gasteiger partial charge in [0.25, 0.3) is 5.91 Å². The zero-order chi connectivity index (χ0) is 15.4. The number of carbonyl (C=O) groups excluding carboxylic acids is 1. The van der Waals surface area contributed by atoms with Crippen LogP contribution in [0.5, 0.6) is 0 Å². The van der Waals surface area contributed by atoms with Gasteiger partial charge in [0.1, 0.15) is 17.2 Å². The molecule has 0 saturated heterocycles. The van der Waals surface area contributed by atoms with Gasteiger partial charge in [-0.05, 0) is 36.2 Å². The lowest BCUT2D eigenvalue weighted by atomic mass is 10.0. The average Bonchev–Trinajstić information content (AvgIpc) is 2.45. The summed E-state index contributed by atoms with van der Waals surface area (Å²) in [4.78, 5) is 12.1. The zero-order valence-electron chi connectivity index (χ0n) is 11.1. The molecule has 2 nitrogen and oxygen atoms in total. The van der Waals surface area contributed by atoms with Gasteiger partial charge in [-0.1, -0.05) is 36.7 Å². The quantitative estimate of drug-likeness (QED) is 0.895. The Morgan fingerprint density at radius 3 is 2.24 bits per heavy atom. The maximum atomic E-state index is 13.6. The van der Waals surface area contributed by atoms with Crippen molar-refractivity contribution in [1.82, 2.24) is 5.32 Å². The van der Waals surface area contributed by atoms with E-state index in [2.05, 4.69) is 12.2 Å². The van der Waals surface area contributed by atoms with Crippen LogP contribution in [0.1, 0.15) is 28.4 Å². The van der Waals surface area contributed by atoms with E-state index in [1.807, 2.05) is 0 Å². The molecule has 0 spiro atoms. The molecular weight excluding hydrogens is 296 g/mol. The van der Waals surface area contributed by atoms with Crippen LogP contribution in [0.2, 0.25) is 5.02 Å². The van der Waals surface area contributed by atoms with Crippen molar-refractivity contribution in [3.8, 4) is 0 Å². The molecule has 0 saturated carbocycles. The monoisotopic (exact) mass is 308 g/mol. The SMILES string of the molecule is [CH2]CC(NC(=O)c1c(F)cccc1F)c1ccc(Cl)cc1. The fourth-order valence-electron chi connectivity index (χ4n) is 1.96. The van der Waals surface area contributed by atoms with Crippen LogP contribution in [0.3, 0.4) is 0 Å². The lowest BCUT2D eigenvalue weighted by molar-refractivity contribution is 0.0928. The Labute approximate surface area is 126 Å². The van der Waals surface area contributed by atoms with Gasteiger partial charge in [-0.15, -0.1) is 0 Å². The molecule has 21 heavy (non-hydrogen) atoms. The number of hydrogen-bond donors (Lipinski definition) is 1. The first kappa shape index (κ1) is 15.4. The molecule has 1 radical (unpaired) electrons. The third-order valence-electron chi connectivity index (χ3n) is 3.06. The molecule has 2 aromatic rings. The fourth-order valence-corrected chi connectivity index (χ4v) is 2.09. The molecular formula is C16H13ClF2NO. The molecule has 109 valence electrons. The number of carbonyl (C=O) groups is 1. The summed E-state index contributed by atoms with van der Waals surface area (Å²) in [5, 5.41) is 3.14. The summed E-state index contributed by atoms with van der Waals surface area (Å²) in [6.45, 7) is 3.74. The Balaban J connectivity index is 2.22. The van der Waals surface area contributed by atoms with E-state index in [1.54, 1.807) is 24.3 Å². The molecule has 0 fully saturated rings. The van der Waals surface area contributed by atoms with Gasteiger partial charge in [0.15, 0.2) is 0 Å². The van der Waals surface area contributed by atoms with Crippen LogP contribution in [0.4, 0.5) is 8.78 Å². The molecule has 1 amide bonds. The summed E-state index contributed by atoms with van der Waals surface area (Å²) < 4.78 is 27.2. The second kappa shape index (κ2) is 6.68. The second-order valence-electron chi connectivity index (χ2n) is 4.46. The largest absolute Gasteiger partial charge is 0.345 e. The molecule has 1 atom stereocenters. The Bertz CT molecular complexity index is 623. The third-order valence-corrected chi connectivity index (χ3v) is 3.31. The molecule has 2 aromatic carbocycles. The number of halogens is 3. The Morgan fingerprint density at radius 2 is 1.71 bits per heavy atom. The first-order valence-corrected chi connectivity index (χ1v) is 6.70. The van der Waals surface area contributed by atoms with Gasteiger partial charge in [0.2, 0.25) is 0 Å². The maximum Gasteiger partial charge on any atom is 0.257 e. The number of nitrogens with one attached hydrogen (secondary N) is 1. The average molecular weight is 309 g/mol. The predicted octanol–water partition coefficient (Wildman–Crippen LogP) is 4.31. The minimum Gasteiger partial charge on any atom is -0.345 e. The molecule has 2 rings (SSSR count). The first-order valence-electron chi connectivity index (χ1n) is 6.32. The van der Waals surface area contributed by atoms with Gasteiger partial charge in [0, 0.05) is 5.02 Å². The molecule has 0 heterocycles. The van der Waals surface area contributed by atoms with Crippen LogP contribution < -0.4 is 5.32 Å². The summed E-state index contributed by atoms with van der Waals surface area (Å²) in [7, 11) is 0. The lowest BCUT2D eigenvalue weighted by Gasteiger charge is -2.18. The van der Waals surface area contributed by atoms with Gasteiger partial charge < -0.3 is 5.32 Å². The maximum absolute atomic E-state index is 13.6. The summed E-state index contributed by atoms with van der Waals surface area (Å²) in [6.07, 6.45) is 0.337. The standard InChI is InChI=1S/C16H13ClF2NO/c1-2-14(10-6-8-11(17)9-7-10)20-16(21)15-12(18)4-3-5-13(15)19/h3-9,14H,1-2H2,(H,20,21). The van der Waals surface area contributed by atoms with Crippen LogP contribution in [0.25, 0.3) is 0 Å². The van der Waals surface area contributed by atoms with Crippen molar-refractivity contribution in [2.75, 3.05) is 0 Å². The highest BCUT2D eigenvalue weighted by molar-refractivity contribution is 6.30. The van der Waals surface area contributed by atoms with Crippen molar-refractivity contribution >= 4 is 17.5 Å². The molecule has 0 aliphatic carbocycles. The highest BCUT2D eigenvalue weighted by Gasteiger charge is 2.20. The van der Waals surface area contributed by atoms with Gasteiger partial charge in [-0.3, -0.25) is 4.79 Å². The van der Waals surface area contributed by atoms with Crippen molar-refractivity contribution in [1.29, 1.82) is 0 Å². The second-order valence-corrected chi connectivity index (χ2v) is 4.90. The van der Waals surface area contributed by atoms with E-state index in [0.29, 0.717) is 11.4 Å². The van der Waals surface area contributed by atoms with E-state index >= 15 is 0 Å². The highest BCUT2D eigenvalue weighted by atomic mass is 35.5. The zero-order valence-corrected chi connectivity index (χ0v) is 11.8. The van der Waals surface area contributed by atoms with Crippen LogP contribution in [0, 0.1) is 18.6 Å². The van der Waals surface area contributed by atoms with Gasteiger partial charge in [-0.2, -0.15) is 0 Å². The lowest BCUT2D eigenvalue weighted by Crippen LogP contribution is -2.29. The van der Waals surface area contributed by atoms with Crippen molar-refractivity contribution in [2.24, 2.45) is 0 Å². The molecule has 0 bridgehead atoms. The smallest absolute Gasteiger partial charge is 0.257 e. The van der Waals surface area contributed by atoms with E-state index in [0.717, 1.165) is 17.7 Å². The van der Waals surface area contributed by atoms with Gasteiger partial charge in [-0.25, -0.2) is 8.78 Å². The van der Waals surface area contributed by atoms with E-state index < -0.39 is 29.1 Å². The minimum absolute atomic E-state index is 0.337. The van der Waals surface area contributed by atoms with Crippen LogP contribution in [0.15, 0.2) is 42.5 Å². The van der Waals surface area contributed by atoms with E-state index in [9.17, 15) is 13.6 Å². The normalized spacial score (nSPS) is 12.0. The summed E-state index contributed by atoms with van der Waals surface area (Å²) in [5.41, 5.74) is 0.171. The third kappa shape index (κ3) is 3.58. The van der Waals surface area contributed by atoms with Crippen LogP contribution >= 0.6 is 11.6 Å². The molecule has 1 N–H and O–H groups in total. The van der Waals surface area contributed by atoms with Crippen LogP contribution in [-0.2, 0) is 0 Å². The fraction of sp³-hybridized carbons (Fsp3) is 0.125. The summed E-state index contributed by atoms with van der Waals surface area (Å²) in [6, 6.07) is 9.66. The molecule has 0 aliphatic heterocycles. The van der Waals surface area contributed by atoms with Crippen LogP contribution in [-0.4, -0.2) is 5.91 Å². The van der Waals surface area contributed by atoms with Gasteiger partial charge >= 0.3 is 0 Å². The van der Waals surface area contributed by atoms with Crippen molar-refractivity contribution in [3.63, 3.8) is 0 Å². The predicted molar refractivity (Wildman–Crippen MR) is 78.0 cm³/mol. The molecule has 1 unspecified atom stereocenters. The number of rotatable bonds is 4. The number of hydrogen-bond acceptors (Lipinski definition) is 1. The van der Waals surface area contributed by atoms with Gasteiger partial charge in [0.05, 0.1) is 6.04 Å². The topological polar surface area (TPSA) is 29.1 Å².